The maximum Gasteiger partial charge on any atom is 0.271 e. The number of non-ortho nitro benzene ring substituents is 1. The smallest absolute Gasteiger partial charge is 0.271 e. The fourth-order valence-corrected chi connectivity index (χ4v) is 1.78. The maximum atomic E-state index is 10.6. The number of benzene rings is 1. The fourth-order valence-electron chi connectivity index (χ4n) is 1.55. The Morgan fingerprint density at radius 1 is 1.39 bits per heavy atom. The molecule has 0 heterocycles. The van der Waals surface area contributed by atoms with E-state index in [9.17, 15) is 10.1 Å². The van der Waals surface area contributed by atoms with E-state index in [1.807, 2.05) is 6.92 Å². The van der Waals surface area contributed by atoms with E-state index >= 15 is 0 Å². The van der Waals surface area contributed by atoms with Crippen LogP contribution in [0, 0.1) is 10.1 Å². The minimum Gasteiger partial charge on any atom is -0.376 e. The molecule has 0 radical (unpaired) electrons. The Labute approximate surface area is 110 Å². The molecule has 0 aliphatic heterocycles. The molecule has 0 aliphatic carbocycles. The van der Waals surface area contributed by atoms with Crippen LogP contribution in [0.15, 0.2) is 18.2 Å². The zero-order valence-corrected chi connectivity index (χ0v) is 11.1. The van der Waals surface area contributed by atoms with Gasteiger partial charge >= 0.3 is 0 Å². The van der Waals surface area contributed by atoms with Gasteiger partial charge in [-0.15, -0.1) is 0 Å². The van der Waals surface area contributed by atoms with Crippen LogP contribution in [0.1, 0.15) is 6.92 Å². The van der Waals surface area contributed by atoms with E-state index in [2.05, 4.69) is 5.32 Å². The highest BCUT2D eigenvalue weighted by Gasteiger charge is 2.17. The lowest BCUT2D eigenvalue weighted by Gasteiger charge is -2.23. The summed E-state index contributed by atoms with van der Waals surface area (Å²) in [6.07, 6.45) is -0.434. The predicted octanol–water partition coefficient (Wildman–Crippen LogP) is 2.67. The molecule has 1 atom stereocenters. The normalized spacial score (nSPS) is 12.5. The summed E-state index contributed by atoms with van der Waals surface area (Å²) in [5, 5.41) is 13.9. The van der Waals surface area contributed by atoms with E-state index in [1.165, 1.54) is 26.4 Å². The van der Waals surface area contributed by atoms with Crippen molar-refractivity contribution in [3.05, 3.63) is 33.3 Å². The average molecular weight is 275 g/mol. The summed E-state index contributed by atoms with van der Waals surface area (Å²) in [7, 11) is 3.06. The quantitative estimate of drug-likeness (QED) is 0.490. The molecule has 100 valence electrons. The van der Waals surface area contributed by atoms with Gasteiger partial charge in [0.25, 0.3) is 5.69 Å². The highest BCUT2D eigenvalue weighted by atomic mass is 35.5. The van der Waals surface area contributed by atoms with Crippen molar-refractivity contribution in [2.45, 2.75) is 19.3 Å². The molecule has 1 unspecified atom stereocenters. The molecule has 6 nitrogen and oxygen atoms in total. The van der Waals surface area contributed by atoms with Gasteiger partial charge in [0.2, 0.25) is 0 Å². The molecule has 0 fully saturated rings. The molecule has 1 rings (SSSR count). The van der Waals surface area contributed by atoms with Crippen LogP contribution in [0.2, 0.25) is 5.02 Å². The van der Waals surface area contributed by atoms with Crippen LogP contribution in [0.3, 0.4) is 0 Å². The number of rotatable bonds is 6. The first kappa shape index (κ1) is 14.7. The number of hydrogen-bond acceptors (Lipinski definition) is 5. The molecule has 1 aromatic rings. The minimum atomic E-state index is -0.494. The zero-order valence-electron chi connectivity index (χ0n) is 10.3. The first-order valence-electron chi connectivity index (χ1n) is 5.25. The van der Waals surface area contributed by atoms with Gasteiger partial charge in [-0.05, 0) is 13.0 Å². The highest BCUT2D eigenvalue weighted by molar-refractivity contribution is 6.33. The number of anilines is 1. The van der Waals surface area contributed by atoms with Crippen LogP contribution < -0.4 is 5.32 Å². The largest absolute Gasteiger partial charge is 0.376 e. The molecule has 7 heteroatoms. The maximum absolute atomic E-state index is 10.6. The van der Waals surface area contributed by atoms with E-state index in [4.69, 9.17) is 21.1 Å². The Morgan fingerprint density at radius 3 is 2.44 bits per heavy atom. The number of hydrogen-bond donors (Lipinski definition) is 1. The molecule has 1 aromatic carbocycles. The fraction of sp³-hybridized carbons (Fsp3) is 0.455. The van der Waals surface area contributed by atoms with E-state index in [1.54, 1.807) is 6.07 Å². The Balaban J connectivity index is 2.82. The van der Waals surface area contributed by atoms with Gasteiger partial charge in [-0.2, -0.15) is 0 Å². The van der Waals surface area contributed by atoms with Gasteiger partial charge in [-0.25, -0.2) is 0 Å². The number of halogens is 1. The summed E-state index contributed by atoms with van der Waals surface area (Å²) in [5.74, 6) is 0. The molecule has 0 spiro atoms. The molecule has 0 amide bonds. The summed E-state index contributed by atoms with van der Waals surface area (Å²) >= 11 is 5.96. The highest BCUT2D eigenvalue weighted by Crippen LogP contribution is 2.27. The van der Waals surface area contributed by atoms with Crippen molar-refractivity contribution in [1.82, 2.24) is 0 Å². The number of nitro benzene ring substituents is 1. The van der Waals surface area contributed by atoms with Crippen LogP contribution >= 0.6 is 11.6 Å². The van der Waals surface area contributed by atoms with Crippen molar-refractivity contribution in [2.24, 2.45) is 0 Å². The molecule has 0 aliphatic rings. The second-order valence-corrected chi connectivity index (χ2v) is 4.10. The minimum absolute atomic E-state index is 0.0479. The van der Waals surface area contributed by atoms with Gasteiger partial charge in [0.15, 0.2) is 6.29 Å². The number of nitrogens with one attached hydrogen (secondary N) is 1. The number of ether oxygens (including phenoxy) is 2. The van der Waals surface area contributed by atoms with Crippen LogP contribution in [-0.4, -0.2) is 31.5 Å². The summed E-state index contributed by atoms with van der Waals surface area (Å²) < 4.78 is 10.2. The molecular weight excluding hydrogens is 260 g/mol. The van der Waals surface area contributed by atoms with E-state index < -0.39 is 11.2 Å². The van der Waals surface area contributed by atoms with Crippen molar-refractivity contribution < 1.29 is 14.4 Å². The van der Waals surface area contributed by atoms with Crippen LogP contribution in [0.5, 0.6) is 0 Å². The molecule has 18 heavy (non-hydrogen) atoms. The Morgan fingerprint density at radius 2 is 2.00 bits per heavy atom. The van der Waals surface area contributed by atoms with Crippen molar-refractivity contribution in [2.75, 3.05) is 19.5 Å². The van der Waals surface area contributed by atoms with Crippen molar-refractivity contribution >= 4 is 23.0 Å². The van der Waals surface area contributed by atoms with Gasteiger partial charge in [0, 0.05) is 26.4 Å². The summed E-state index contributed by atoms with van der Waals surface area (Å²) in [6.45, 7) is 1.86. The third-order valence-electron chi connectivity index (χ3n) is 2.42. The monoisotopic (exact) mass is 274 g/mol. The average Bonchev–Trinajstić information content (AvgIpc) is 2.33. The van der Waals surface area contributed by atoms with Crippen molar-refractivity contribution in [3.8, 4) is 0 Å². The third kappa shape index (κ3) is 3.56. The zero-order chi connectivity index (χ0) is 13.7. The Kier molecular flexibility index (Phi) is 5.33. The number of nitro groups is 1. The molecule has 1 N–H and O–H groups in total. The second kappa shape index (κ2) is 6.53. The third-order valence-corrected chi connectivity index (χ3v) is 2.73. The summed E-state index contributed by atoms with van der Waals surface area (Å²) in [5.41, 5.74) is 0.544. The molecule has 0 saturated heterocycles. The van der Waals surface area contributed by atoms with Gasteiger partial charge in [-0.1, -0.05) is 11.6 Å². The van der Waals surface area contributed by atoms with E-state index in [0.29, 0.717) is 5.69 Å². The number of nitrogens with zero attached hydrogens (tertiary/aromatic N) is 1. The molecule has 0 bridgehead atoms. The van der Waals surface area contributed by atoms with E-state index in [0.717, 1.165) is 0 Å². The predicted molar refractivity (Wildman–Crippen MR) is 69.0 cm³/mol. The SMILES string of the molecule is COC(OC)C(C)Nc1ccc([N+](=O)[O-])cc1Cl. The van der Waals surface area contributed by atoms with Crippen LogP contribution in [0.4, 0.5) is 11.4 Å². The molecule has 0 saturated carbocycles. The Bertz CT molecular complexity index is 424. The van der Waals surface area contributed by atoms with Crippen LogP contribution in [0.25, 0.3) is 0 Å². The van der Waals surface area contributed by atoms with Gasteiger partial charge in [0.05, 0.1) is 21.7 Å². The standard InChI is InChI=1S/C11H15ClN2O4/c1-7(11(17-2)18-3)13-10-5-4-8(14(15)16)6-9(10)12/h4-7,11,13H,1-3H3. The summed E-state index contributed by atoms with van der Waals surface area (Å²) in [4.78, 5) is 10.1. The molecular formula is C11H15ClN2O4. The number of methoxy groups -OCH3 is 2. The lowest BCUT2D eigenvalue weighted by atomic mass is 10.2. The van der Waals surface area contributed by atoms with E-state index in [-0.39, 0.29) is 16.8 Å². The molecule has 0 aromatic heterocycles. The van der Waals surface area contributed by atoms with Crippen molar-refractivity contribution in [1.29, 1.82) is 0 Å². The first-order valence-corrected chi connectivity index (χ1v) is 5.63. The lowest BCUT2D eigenvalue weighted by Crippen LogP contribution is -2.33. The van der Waals surface area contributed by atoms with Crippen molar-refractivity contribution in [3.63, 3.8) is 0 Å². The van der Waals surface area contributed by atoms with Gasteiger partial charge in [0.1, 0.15) is 0 Å². The van der Waals surface area contributed by atoms with Gasteiger partial charge < -0.3 is 14.8 Å². The van der Waals surface area contributed by atoms with Crippen LogP contribution in [-0.2, 0) is 9.47 Å². The lowest BCUT2D eigenvalue weighted by molar-refractivity contribution is -0.384. The Hall–Kier alpha value is -1.37. The second-order valence-electron chi connectivity index (χ2n) is 3.69. The first-order chi connectivity index (χ1) is 8.49. The topological polar surface area (TPSA) is 73.6 Å². The van der Waals surface area contributed by atoms with Gasteiger partial charge in [-0.3, -0.25) is 10.1 Å². The summed E-state index contributed by atoms with van der Waals surface area (Å²) in [6, 6.07) is 4.08.